The lowest BCUT2D eigenvalue weighted by molar-refractivity contribution is -0.135. The molecule has 0 radical (unpaired) electrons. The fraction of sp³-hybridized carbons (Fsp3) is 0.929. The quantitative estimate of drug-likeness (QED) is 0.858. The maximum atomic E-state index is 12.2. The molecular formula is C14H27ClN2O. The van der Waals surface area contributed by atoms with Crippen molar-refractivity contribution >= 4 is 18.3 Å². The molecule has 2 rings (SSSR count). The molecule has 4 heteroatoms. The first-order valence-corrected chi connectivity index (χ1v) is 7.19. The summed E-state index contributed by atoms with van der Waals surface area (Å²) in [5, 5.41) is 3.42. The predicted octanol–water partition coefficient (Wildman–Crippen LogP) is 2.59. The summed E-state index contributed by atoms with van der Waals surface area (Å²) in [5.41, 5.74) is 0. The van der Waals surface area contributed by atoms with Crippen LogP contribution in [0.3, 0.4) is 0 Å². The molecule has 1 amide bonds. The van der Waals surface area contributed by atoms with Crippen molar-refractivity contribution in [3.8, 4) is 0 Å². The Morgan fingerprint density at radius 2 is 1.94 bits per heavy atom. The average molecular weight is 275 g/mol. The summed E-state index contributed by atoms with van der Waals surface area (Å²) in [6.07, 6.45) is 7.33. The van der Waals surface area contributed by atoms with Gasteiger partial charge in [0.15, 0.2) is 0 Å². The van der Waals surface area contributed by atoms with Crippen LogP contribution in [0, 0.1) is 5.92 Å². The van der Waals surface area contributed by atoms with Gasteiger partial charge in [0.25, 0.3) is 0 Å². The van der Waals surface area contributed by atoms with E-state index in [1.54, 1.807) is 0 Å². The van der Waals surface area contributed by atoms with E-state index in [0.29, 0.717) is 18.0 Å². The minimum atomic E-state index is 0. The molecule has 1 saturated carbocycles. The molecular weight excluding hydrogens is 248 g/mol. The molecule has 3 nitrogen and oxygen atoms in total. The first kappa shape index (κ1) is 15.8. The maximum absolute atomic E-state index is 12.2. The van der Waals surface area contributed by atoms with Crippen molar-refractivity contribution in [2.45, 2.75) is 64.5 Å². The Kier molecular flexibility index (Phi) is 6.44. The second-order valence-corrected chi connectivity index (χ2v) is 5.89. The zero-order chi connectivity index (χ0) is 12.3. The van der Waals surface area contributed by atoms with Gasteiger partial charge in [-0.15, -0.1) is 12.4 Å². The maximum Gasteiger partial charge on any atom is 0.222 e. The Bertz CT molecular complexity index is 267. The molecule has 1 aliphatic heterocycles. The summed E-state index contributed by atoms with van der Waals surface area (Å²) in [7, 11) is 0. The topological polar surface area (TPSA) is 32.3 Å². The van der Waals surface area contributed by atoms with E-state index < -0.39 is 0 Å². The number of nitrogens with zero attached hydrogens (tertiary/aromatic N) is 1. The molecule has 2 fully saturated rings. The largest absolute Gasteiger partial charge is 0.337 e. The van der Waals surface area contributed by atoms with E-state index in [1.807, 2.05) is 0 Å². The molecule has 0 spiro atoms. The lowest BCUT2D eigenvalue weighted by atomic mass is 10.0. The van der Waals surface area contributed by atoms with Gasteiger partial charge in [0.1, 0.15) is 0 Å². The number of piperazine rings is 1. The number of carbonyl (C=O) groups excluding carboxylic acids is 1. The van der Waals surface area contributed by atoms with Crippen LogP contribution in [0.25, 0.3) is 0 Å². The van der Waals surface area contributed by atoms with Gasteiger partial charge in [-0.1, -0.05) is 25.7 Å². The summed E-state index contributed by atoms with van der Waals surface area (Å²) in [5.74, 6) is 1.20. The van der Waals surface area contributed by atoms with Gasteiger partial charge >= 0.3 is 0 Å². The molecule has 0 bridgehead atoms. The Morgan fingerprint density at radius 3 is 2.61 bits per heavy atom. The van der Waals surface area contributed by atoms with E-state index in [9.17, 15) is 4.79 Å². The molecule has 2 unspecified atom stereocenters. The monoisotopic (exact) mass is 274 g/mol. The van der Waals surface area contributed by atoms with Crippen molar-refractivity contribution < 1.29 is 4.79 Å². The molecule has 1 saturated heterocycles. The molecule has 0 aromatic rings. The molecule has 1 heterocycles. The van der Waals surface area contributed by atoms with E-state index in [1.165, 1.54) is 25.7 Å². The van der Waals surface area contributed by atoms with Crippen molar-refractivity contribution in [3.05, 3.63) is 0 Å². The lowest BCUT2D eigenvalue weighted by Gasteiger charge is -2.37. The third-order valence-electron chi connectivity index (χ3n) is 4.33. The van der Waals surface area contributed by atoms with E-state index in [-0.39, 0.29) is 12.4 Å². The molecule has 18 heavy (non-hydrogen) atoms. The number of hydrogen-bond acceptors (Lipinski definition) is 2. The fourth-order valence-corrected chi connectivity index (χ4v) is 3.14. The number of rotatable bonds is 3. The van der Waals surface area contributed by atoms with Gasteiger partial charge in [-0.25, -0.2) is 0 Å². The average Bonchev–Trinajstić information content (AvgIpc) is 2.82. The van der Waals surface area contributed by atoms with Crippen LogP contribution in [0.1, 0.15) is 52.4 Å². The van der Waals surface area contributed by atoms with Gasteiger partial charge in [-0.05, 0) is 26.2 Å². The third-order valence-corrected chi connectivity index (χ3v) is 4.33. The van der Waals surface area contributed by atoms with E-state index >= 15 is 0 Å². The van der Waals surface area contributed by atoms with Crippen LogP contribution >= 0.6 is 12.4 Å². The summed E-state index contributed by atoms with van der Waals surface area (Å²) in [6, 6.07) is 0.809. The SMILES string of the molecule is CC1CN(C(=O)CCC2CCCC2)C(C)CN1.Cl. The zero-order valence-electron chi connectivity index (χ0n) is 11.7. The Labute approximate surface area is 117 Å². The lowest BCUT2D eigenvalue weighted by Crippen LogP contribution is -2.56. The van der Waals surface area contributed by atoms with Crippen molar-refractivity contribution in [1.82, 2.24) is 10.2 Å². The molecule has 0 aromatic heterocycles. The number of hydrogen-bond donors (Lipinski definition) is 1. The number of nitrogens with one attached hydrogen (secondary N) is 1. The summed E-state index contributed by atoms with van der Waals surface area (Å²) < 4.78 is 0. The first-order valence-electron chi connectivity index (χ1n) is 7.19. The van der Waals surface area contributed by atoms with Crippen LogP contribution < -0.4 is 5.32 Å². The highest BCUT2D eigenvalue weighted by Crippen LogP contribution is 2.28. The smallest absolute Gasteiger partial charge is 0.222 e. The summed E-state index contributed by atoms with van der Waals surface area (Å²) >= 11 is 0. The van der Waals surface area contributed by atoms with Crippen LogP contribution in [0.2, 0.25) is 0 Å². The van der Waals surface area contributed by atoms with Gasteiger partial charge in [0.2, 0.25) is 5.91 Å². The molecule has 1 aliphatic carbocycles. The van der Waals surface area contributed by atoms with Gasteiger partial charge in [0, 0.05) is 31.6 Å². The highest BCUT2D eigenvalue weighted by atomic mass is 35.5. The Morgan fingerprint density at radius 1 is 1.28 bits per heavy atom. The van der Waals surface area contributed by atoms with Gasteiger partial charge < -0.3 is 10.2 Å². The second kappa shape index (κ2) is 7.34. The highest BCUT2D eigenvalue weighted by molar-refractivity contribution is 5.85. The number of halogens is 1. The highest BCUT2D eigenvalue weighted by Gasteiger charge is 2.27. The molecule has 1 N–H and O–H groups in total. The van der Waals surface area contributed by atoms with E-state index in [2.05, 4.69) is 24.1 Å². The minimum Gasteiger partial charge on any atom is -0.337 e. The van der Waals surface area contributed by atoms with Crippen molar-refractivity contribution in [2.24, 2.45) is 5.92 Å². The van der Waals surface area contributed by atoms with Crippen LogP contribution in [0.15, 0.2) is 0 Å². The number of amides is 1. The Hall–Kier alpha value is -0.280. The fourth-order valence-electron chi connectivity index (χ4n) is 3.14. The normalized spacial score (nSPS) is 29.1. The predicted molar refractivity (Wildman–Crippen MR) is 77.1 cm³/mol. The number of carbonyl (C=O) groups is 1. The summed E-state index contributed by atoms with van der Waals surface area (Å²) in [4.78, 5) is 14.3. The van der Waals surface area contributed by atoms with Crippen LogP contribution in [-0.2, 0) is 4.79 Å². The van der Waals surface area contributed by atoms with Crippen LogP contribution in [-0.4, -0.2) is 36.0 Å². The molecule has 2 atom stereocenters. The Balaban J connectivity index is 0.00000162. The van der Waals surface area contributed by atoms with Crippen LogP contribution in [0.4, 0.5) is 0 Å². The third kappa shape index (κ3) is 4.13. The van der Waals surface area contributed by atoms with Gasteiger partial charge in [-0.3, -0.25) is 4.79 Å². The summed E-state index contributed by atoms with van der Waals surface area (Å²) in [6.45, 7) is 6.12. The zero-order valence-corrected chi connectivity index (χ0v) is 12.5. The standard InChI is InChI=1S/C14H26N2O.ClH/c1-11-10-16(12(2)9-15-11)14(17)8-7-13-5-3-4-6-13;/h11-13,15H,3-10H2,1-2H3;1H. The van der Waals surface area contributed by atoms with Crippen molar-refractivity contribution in [3.63, 3.8) is 0 Å². The van der Waals surface area contributed by atoms with E-state index in [4.69, 9.17) is 0 Å². The van der Waals surface area contributed by atoms with Crippen molar-refractivity contribution in [1.29, 1.82) is 0 Å². The molecule has 106 valence electrons. The van der Waals surface area contributed by atoms with Gasteiger partial charge in [-0.2, -0.15) is 0 Å². The van der Waals surface area contributed by atoms with Crippen LogP contribution in [0.5, 0.6) is 0 Å². The minimum absolute atomic E-state index is 0. The first-order chi connectivity index (χ1) is 8.16. The van der Waals surface area contributed by atoms with Gasteiger partial charge in [0.05, 0.1) is 0 Å². The molecule has 0 aromatic carbocycles. The second-order valence-electron chi connectivity index (χ2n) is 5.89. The van der Waals surface area contributed by atoms with E-state index in [0.717, 1.165) is 31.8 Å². The molecule has 2 aliphatic rings. The van der Waals surface area contributed by atoms with Crippen molar-refractivity contribution in [2.75, 3.05) is 13.1 Å².